The van der Waals surface area contributed by atoms with Crippen molar-refractivity contribution in [1.29, 1.82) is 0 Å². The SMILES string of the molecule is CCCCCCCCCCCCCCCC(OC)OC. The van der Waals surface area contributed by atoms with Gasteiger partial charge in [-0.15, -0.1) is 0 Å². The van der Waals surface area contributed by atoms with Crippen LogP contribution in [0.15, 0.2) is 0 Å². The van der Waals surface area contributed by atoms with Crippen molar-refractivity contribution in [2.24, 2.45) is 0 Å². The van der Waals surface area contributed by atoms with Crippen LogP contribution in [0.25, 0.3) is 0 Å². The van der Waals surface area contributed by atoms with Gasteiger partial charge in [-0.1, -0.05) is 84.0 Å². The maximum atomic E-state index is 5.18. The second-order valence-corrected chi connectivity index (χ2v) is 5.93. The van der Waals surface area contributed by atoms with E-state index in [-0.39, 0.29) is 6.29 Å². The lowest BCUT2D eigenvalue weighted by atomic mass is 10.0. The van der Waals surface area contributed by atoms with Gasteiger partial charge >= 0.3 is 0 Å². The first-order valence-corrected chi connectivity index (χ1v) is 8.90. The molecule has 0 unspecified atom stereocenters. The van der Waals surface area contributed by atoms with Gasteiger partial charge in [0, 0.05) is 14.2 Å². The lowest BCUT2D eigenvalue weighted by Crippen LogP contribution is -2.12. The first-order chi connectivity index (χ1) is 9.85. The van der Waals surface area contributed by atoms with E-state index in [0.29, 0.717) is 0 Å². The van der Waals surface area contributed by atoms with Crippen molar-refractivity contribution in [3.8, 4) is 0 Å². The minimum atomic E-state index is 0.00251. The fourth-order valence-electron chi connectivity index (χ4n) is 2.66. The minimum absolute atomic E-state index is 0.00251. The zero-order chi connectivity index (χ0) is 14.9. The van der Waals surface area contributed by atoms with Crippen molar-refractivity contribution in [1.82, 2.24) is 0 Å². The van der Waals surface area contributed by atoms with E-state index in [1.165, 1.54) is 83.5 Å². The van der Waals surface area contributed by atoms with E-state index in [9.17, 15) is 0 Å². The molecular weight excluding hydrogens is 248 g/mol. The standard InChI is InChI=1S/C18H38O2/c1-4-5-6-7-8-9-10-11-12-13-14-15-16-17-18(19-2)20-3/h18H,4-17H2,1-3H3. The Hall–Kier alpha value is -0.0800. The highest BCUT2D eigenvalue weighted by atomic mass is 16.7. The number of hydrogen-bond acceptors (Lipinski definition) is 2. The van der Waals surface area contributed by atoms with E-state index in [2.05, 4.69) is 6.92 Å². The Morgan fingerprint density at radius 3 is 1.25 bits per heavy atom. The van der Waals surface area contributed by atoms with Crippen molar-refractivity contribution in [2.75, 3.05) is 14.2 Å². The van der Waals surface area contributed by atoms with Gasteiger partial charge in [-0.3, -0.25) is 0 Å². The molecule has 0 saturated carbocycles. The summed E-state index contributed by atoms with van der Waals surface area (Å²) in [4.78, 5) is 0. The molecule has 0 aliphatic carbocycles. The summed E-state index contributed by atoms with van der Waals surface area (Å²) in [5.74, 6) is 0. The van der Waals surface area contributed by atoms with E-state index in [1.54, 1.807) is 14.2 Å². The van der Waals surface area contributed by atoms with Gasteiger partial charge in [0.2, 0.25) is 0 Å². The zero-order valence-corrected chi connectivity index (χ0v) is 14.3. The lowest BCUT2D eigenvalue weighted by Gasteiger charge is -2.12. The second-order valence-electron chi connectivity index (χ2n) is 5.93. The maximum Gasteiger partial charge on any atom is 0.156 e. The van der Waals surface area contributed by atoms with Gasteiger partial charge in [-0.05, 0) is 12.8 Å². The van der Waals surface area contributed by atoms with Gasteiger partial charge in [-0.2, -0.15) is 0 Å². The third-order valence-electron chi connectivity index (χ3n) is 4.07. The molecule has 20 heavy (non-hydrogen) atoms. The van der Waals surface area contributed by atoms with Crippen molar-refractivity contribution >= 4 is 0 Å². The Labute approximate surface area is 127 Å². The molecule has 0 spiro atoms. The van der Waals surface area contributed by atoms with Gasteiger partial charge in [0.15, 0.2) is 6.29 Å². The summed E-state index contributed by atoms with van der Waals surface area (Å²) in [6.45, 7) is 2.28. The van der Waals surface area contributed by atoms with E-state index in [4.69, 9.17) is 9.47 Å². The van der Waals surface area contributed by atoms with Gasteiger partial charge < -0.3 is 9.47 Å². The minimum Gasteiger partial charge on any atom is -0.356 e. The summed E-state index contributed by atoms with van der Waals surface area (Å²) in [6.07, 6.45) is 19.2. The molecule has 2 heteroatoms. The first kappa shape index (κ1) is 19.9. The number of methoxy groups -OCH3 is 2. The average Bonchev–Trinajstić information content (AvgIpc) is 2.48. The Morgan fingerprint density at radius 2 is 0.900 bits per heavy atom. The van der Waals surface area contributed by atoms with Gasteiger partial charge in [0.25, 0.3) is 0 Å². The van der Waals surface area contributed by atoms with Crippen LogP contribution < -0.4 is 0 Å². The normalized spacial score (nSPS) is 11.4. The quantitative estimate of drug-likeness (QED) is 0.252. The van der Waals surface area contributed by atoms with Crippen LogP contribution in [-0.4, -0.2) is 20.5 Å². The molecule has 122 valence electrons. The topological polar surface area (TPSA) is 18.5 Å². The van der Waals surface area contributed by atoms with Crippen molar-refractivity contribution in [2.45, 2.75) is 103 Å². The molecular formula is C18H38O2. The average molecular weight is 286 g/mol. The number of unbranched alkanes of at least 4 members (excludes halogenated alkanes) is 12. The predicted molar refractivity (Wildman–Crippen MR) is 88.1 cm³/mol. The molecule has 0 amide bonds. The van der Waals surface area contributed by atoms with E-state index in [1.807, 2.05) is 0 Å². The smallest absolute Gasteiger partial charge is 0.156 e. The summed E-state index contributed by atoms with van der Waals surface area (Å²) >= 11 is 0. The monoisotopic (exact) mass is 286 g/mol. The molecule has 0 heterocycles. The predicted octanol–water partition coefficient (Wildman–Crippen LogP) is 6.09. The van der Waals surface area contributed by atoms with E-state index < -0.39 is 0 Å². The molecule has 0 fully saturated rings. The molecule has 0 aromatic heterocycles. The van der Waals surface area contributed by atoms with E-state index >= 15 is 0 Å². The van der Waals surface area contributed by atoms with Crippen LogP contribution in [0.2, 0.25) is 0 Å². The molecule has 0 bridgehead atoms. The molecule has 0 aromatic carbocycles. The van der Waals surface area contributed by atoms with Crippen LogP contribution in [0.1, 0.15) is 96.8 Å². The molecule has 0 aliphatic rings. The molecule has 2 nitrogen and oxygen atoms in total. The molecule has 0 N–H and O–H groups in total. The van der Waals surface area contributed by atoms with E-state index in [0.717, 1.165) is 6.42 Å². The molecule has 0 radical (unpaired) electrons. The molecule has 0 aromatic rings. The van der Waals surface area contributed by atoms with Crippen LogP contribution in [-0.2, 0) is 9.47 Å². The number of hydrogen-bond donors (Lipinski definition) is 0. The zero-order valence-electron chi connectivity index (χ0n) is 14.3. The van der Waals surface area contributed by atoms with Gasteiger partial charge in [0.05, 0.1) is 0 Å². The number of ether oxygens (including phenoxy) is 2. The third-order valence-corrected chi connectivity index (χ3v) is 4.07. The highest BCUT2D eigenvalue weighted by molar-refractivity contribution is 4.50. The summed E-state index contributed by atoms with van der Waals surface area (Å²) in [5, 5.41) is 0. The summed E-state index contributed by atoms with van der Waals surface area (Å²) in [5.41, 5.74) is 0. The molecule has 0 rings (SSSR count). The van der Waals surface area contributed by atoms with Gasteiger partial charge in [0.1, 0.15) is 0 Å². The van der Waals surface area contributed by atoms with Crippen molar-refractivity contribution in [3.63, 3.8) is 0 Å². The van der Waals surface area contributed by atoms with Crippen LogP contribution in [0.5, 0.6) is 0 Å². The Morgan fingerprint density at radius 1 is 0.550 bits per heavy atom. The summed E-state index contributed by atoms with van der Waals surface area (Å²) < 4.78 is 10.4. The van der Waals surface area contributed by atoms with Crippen LogP contribution in [0.4, 0.5) is 0 Å². The maximum absolute atomic E-state index is 5.18. The number of rotatable bonds is 16. The van der Waals surface area contributed by atoms with Crippen LogP contribution >= 0.6 is 0 Å². The first-order valence-electron chi connectivity index (χ1n) is 8.90. The van der Waals surface area contributed by atoms with Crippen LogP contribution in [0.3, 0.4) is 0 Å². The second kappa shape index (κ2) is 17.0. The lowest BCUT2D eigenvalue weighted by molar-refractivity contribution is -0.107. The highest BCUT2D eigenvalue weighted by Gasteiger charge is 2.03. The van der Waals surface area contributed by atoms with Crippen molar-refractivity contribution < 1.29 is 9.47 Å². The summed E-state index contributed by atoms with van der Waals surface area (Å²) in [7, 11) is 3.44. The Kier molecular flexibility index (Phi) is 16.9. The van der Waals surface area contributed by atoms with Crippen molar-refractivity contribution in [3.05, 3.63) is 0 Å². The highest BCUT2D eigenvalue weighted by Crippen LogP contribution is 2.13. The van der Waals surface area contributed by atoms with Crippen LogP contribution in [0, 0.1) is 0 Å². The summed E-state index contributed by atoms with van der Waals surface area (Å²) in [6, 6.07) is 0. The Balaban J connectivity index is 3.02. The molecule has 0 saturated heterocycles. The Bertz CT molecular complexity index is 167. The fourth-order valence-corrected chi connectivity index (χ4v) is 2.66. The third kappa shape index (κ3) is 14.3. The largest absolute Gasteiger partial charge is 0.356 e. The fraction of sp³-hybridized carbons (Fsp3) is 1.00. The molecule has 0 atom stereocenters. The van der Waals surface area contributed by atoms with Gasteiger partial charge in [-0.25, -0.2) is 0 Å². The molecule has 0 aliphatic heterocycles.